The molecule has 0 spiro atoms. The van der Waals surface area contributed by atoms with E-state index in [0.717, 1.165) is 23.1 Å². The molecule has 4 unspecified atom stereocenters. The molecule has 3 amide bonds. The summed E-state index contributed by atoms with van der Waals surface area (Å²) in [7, 11) is 2.02. The van der Waals surface area contributed by atoms with Gasteiger partial charge in [0.1, 0.15) is 19.3 Å². The Hall–Kier alpha value is -2.91. The predicted octanol–water partition coefficient (Wildman–Crippen LogP) is 2.59. The molecule has 0 radical (unpaired) electrons. The maximum absolute atomic E-state index is 13.0. The molecule has 2 aliphatic heterocycles. The molecular formula is C25H29N5O4. The molecule has 178 valence electrons. The Balaban J connectivity index is 0.960. The average molecular weight is 464 g/mol. The molecule has 1 aromatic carbocycles. The van der Waals surface area contributed by atoms with Crippen LogP contribution in [0.15, 0.2) is 30.3 Å². The van der Waals surface area contributed by atoms with Gasteiger partial charge in [0.25, 0.3) is 5.91 Å². The largest absolute Gasteiger partial charge is 0.345 e. The van der Waals surface area contributed by atoms with Gasteiger partial charge in [-0.15, -0.1) is 0 Å². The summed E-state index contributed by atoms with van der Waals surface area (Å²) in [6.45, 7) is 1.07. The minimum absolute atomic E-state index is 0.0287. The van der Waals surface area contributed by atoms with Crippen molar-refractivity contribution in [2.75, 3.05) is 6.54 Å². The zero-order valence-electron chi connectivity index (χ0n) is 19.2. The van der Waals surface area contributed by atoms with E-state index in [1.165, 1.54) is 29.2 Å². The van der Waals surface area contributed by atoms with Crippen LogP contribution < -0.4 is 5.48 Å². The average Bonchev–Trinajstić information content (AvgIpc) is 3.07. The van der Waals surface area contributed by atoms with E-state index in [1.807, 2.05) is 42.1 Å². The standard InChI is InChI=1S/C25H29N5O4/c1-28-23-21(16-8-9-17-20(16)22(17)23)18(26-28)13-33-27-24(31)19-10-7-15-11-29(19)25(32)30(15)34-12-14-5-3-2-4-6-14/h2-6,15-17,19-20,22H,7-13H2,1H3,(H,27,31)/t15-,16?,17?,19+,20?,22?/m1/s1. The van der Waals surface area contributed by atoms with Gasteiger partial charge in [0.05, 0.1) is 11.7 Å². The van der Waals surface area contributed by atoms with Crippen LogP contribution in [0.4, 0.5) is 4.79 Å². The molecule has 1 N–H and O–H groups in total. The van der Waals surface area contributed by atoms with Crippen molar-refractivity contribution in [2.45, 2.75) is 62.8 Å². The van der Waals surface area contributed by atoms with Crippen LogP contribution in [0, 0.1) is 11.8 Å². The van der Waals surface area contributed by atoms with Gasteiger partial charge in [-0.05, 0) is 49.0 Å². The third-order valence-corrected chi connectivity index (χ3v) is 8.62. The number of hydrogen-bond acceptors (Lipinski definition) is 5. The molecule has 2 saturated carbocycles. The SMILES string of the molecule is Cn1nc(CONC(=O)[C@@H]2CC[C@@H]3CN2C(=O)N3OCc2ccccc2)c2c1C1C3CCC2C31. The molecule has 4 fully saturated rings. The van der Waals surface area contributed by atoms with Crippen LogP contribution >= 0.6 is 0 Å². The third kappa shape index (κ3) is 2.96. The van der Waals surface area contributed by atoms with E-state index in [1.54, 1.807) is 4.90 Å². The molecule has 34 heavy (non-hydrogen) atoms. The van der Waals surface area contributed by atoms with E-state index >= 15 is 0 Å². The number of urea groups is 1. The summed E-state index contributed by atoms with van der Waals surface area (Å²) in [5, 5.41) is 6.14. The summed E-state index contributed by atoms with van der Waals surface area (Å²) in [5.74, 6) is 2.71. The molecular weight excluding hydrogens is 434 g/mol. The fourth-order valence-electron chi connectivity index (χ4n) is 7.16. The highest BCUT2D eigenvalue weighted by molar-refractivity contribution is 5.88. The molecule has 2 saturated heterocycles. The number of carbonyl (C=O) groups excluding carboxylic acids is 2. The third-order valence-electron chi connectivity index (χ3n) is 8.62. The number of carbonyl (C=O) groups is 2. The number of hydrogen-bond donors (Lipinski definition) is 1. The normalized spacial score (nSPS) is 32.2. The van der Waals surface area contributed by atoms with Gasteiger partial charge in [-0.2, -0.15) is 10.2 Å². The van der Waals surface area contributed by atoms with Gasteiger partial charge in [0, 0.05) is 30.8 Å². The number of fused-ring (bicyclic) bond motifs is 6. The maximum atomic E-state index is 13.0. The second kappa shape index (κ2) is 7.55. The zero-order chi connectivity index (χ0) is 23.0. The summed E-state index contributed by atoms with van der Waals surface area (Å²) in [5.41, 5.74) is 7.30. The van der Waals surface area contributed by atoms with Crippen molar-refractivity contribution >= 4 is 11.9 Å². The van der Waals surface area contributed by atoms with E-state index in [4.69, 9.17) is 14.8 Å². The van der Waals surface area contributed by atoms with Crippen molar-refractivity contribution in [3.8, 4) is 0 Å². The number of nitrogens with one attached hydrogen (secondary N) is 1. The van der Waals surface area contributed by atoms with Gasteiger partial charge in [-0.25, -0.2) is 10.3 Å². The lowest BCUT2D eigenvalue weighted by Crippen LogP contribution is -2.49. The highest BCUT2D eigenvalue weighted by Crippen LogP contribution is 2.74. The maximum Gasteiger partial charge on any atom is 0.345 e. The van der Waals surface area contributed by atoms with E-state index in [2.05, 4.69) is 5.48 Å². The smallest absolute Gasteiger partial charge is 0.309 e. The van der Waals surface area contributed by atoms with Gasteiger partial charge < -0.3 is 4.90 Å². The zero-order valence-corrected chi connectivity index (χ0v) is 19.2. The van der Waals surface area contributed by atoms with Crippen molar-refractivity contribution < 1.29 is 19.3 Å². The Labute approximate surface area is 197 Å². The van der Waals surface area contributed by atoms with Crippen molar-refractivity contribution in [2.24, 2.45) is 18.9 Å². The van der Waals surface area contributed by atoms with E-state index in [0.29, 0.717) is 37.8 Å². The lowest BCUT2D eigenvalue weighted by Gasteiger charge is -2.28. The second-order valence-electron chi connectivity index (χ2n) is 10.3. The fraction of sp³-hybridized carbons (Fsp3) is 0.560. The number of rotatable bonds is 7. The number of aryl methyl sites for hydroxylation is 1. The molecule has 3 aliphatic carbocycles. The van der Waals surface area contributed by atoms with Crippen LogP contribution in [0.1, 0.15) is 60.0 Å². The molecule has 9 heteroatoms. The number of benzene rings is 1. The van der Waals surface area contributed by atoms with Crippen LogP contribution in [0.25, 0.3) is 0 Å². The molecule has 7 rings (SSSR count). The van der Waals surface area contributed by atoms with Crippen LogP contribution in [0.3, 0.4) is 0 Å². The van der Waals surface area contributed by atoms with Gasteiger partial charge in [0.2, 0.25) is 0 Å². The Morgan fingerprint density at radius 2 is 2.00 bits per heavy atom. The quantitative estimate of drug-likeness (QED) is 0.638. The highest BCUT2D eigenvalue weighted by Gasteiger charge is 2.66. The molecule has 2 bridgehead atoms. The van der Waals surface area contributed by atoms with Gasteiger partial charge in [0.15, 0.2) is 0 Å². The first-order chi connectivity index (χ1) is 16.6. The van der Waals surface area contributed by atoms with Gasteiger partial charge >= 0.3 is 6.03 Å². The predicted molar refractivity (Wildman–Crippen MR) is 120 cm³/mol. The molecule has 9 nitrogen and oxygen atoms in total. The number of piperidine rings is 1. The lowest BCUT2D eigenvalue weighted by molar-refractivity contribution is -0.141. The van der Waals surface area contributed by atoms with Crippen molar-refractivity contribution in [1.82, 2.24) is 25.2 Å². The van der Waals surface area contributed by atoms with E-state index in [-0.39, 0.29) is 24.6 Å². The summed E-state index contributed by atoms with van der Waals surface area (Å²) < 4.78 is 2.02. The molecule has 1 aromatic heterocycles. The minimum atomic E-state index is -0.549. The number of nitrogens with zero attached hydrogens (tertiary/aromatic N) is 4. The Morgan fingerprint density at radius 3 is 2.85 bits per heavy atom. The fourth-order valence-corrected chi connectivity index (χ4v) is 7.16. The monoisotopic (exact) mass is 463 g/mol. The van der Waals surface area contributed by atoms with Crippen LogP contribution in [0.2, 0.25) is 0 Å². The Morgan fingerprint density at radius 1 is 1.15 bits per heavy atom. The van der Waals surface area contributed by atoms with E-state index < -0.39 is 6.04 Å². The first-order valence-electron chi connectivity index (χ1n) is 12.4. The number of amides is 3. The molecule has 5 aliphatic rings. The molecule has 3 heterocycles. The summed E-state index contributed by atoms with van der Waals surface area (Å²) in [6.07, 6.45) is 3.87. The van der Waals surface area contributed by atoms with Crippen molar-refractivity contribution in [3.63, 3.8) is 0 Å². The summed E-state index contributed by atoms with van der Waals surface area (Å²) >= 11 is 0. The van der Waals surface area contributed by atoms with Crippen LogP contribution in [-0.4, -0.2) is 50.3 Å². The molecule has 2 aromatic rings. The number of aromatic nitrogens is 2. The topological polar surface area (TPSA) is 88.9 Å². The van der Waals surface area contributed by atoms with Gasteiger partial charge in [-0.1, -0.05) is 30.3 Å². The highest BCUT2D eigenvalue weighted by atomic mass is 16.7. The first kappa shape index (κ1) is 20.5. The summed E-state index contributed by atoms with van der Waals surface area (Å²) in [4.78, 5) is 38.9. The number of hydroxylamine groups is 3. The van der Waals surface area contributed by atoms with Crippen LogP contribution in [0.5, 0.6) is 0 Å². The minimum Gasteiger partial charge on any atom is -0.309 e. The Kier molecular flexibility index (Phi) is 4.54. The summed E-state index contributed by atoms with van der Waals surface area (Å²) in [6, 6.07) is 8.93. The second-order valence-corrected chi connectivity index (χ2v) is 10.3. The van der Waals surface area contributed by atoms with E-state index in [9.17, 15) is 9.59 Å². The van der Waals surface area contributed by atoms with Crippen LogP contribution in [-0.2, 0) is 34.7 Å². The van der Waals surface area contributed by atoms with Gasteiger partial charge in [-0.3, -0.25) is 19.2 Å². The lowest BCUT2D eigenvalue weighted by atomic mass is 9.98. The molecule has 6 atom stereocenters. The van der Waals surface area contributed by atoms with Crippen molar-refractivity contribution in [3.05, 3.63) is 52.8 Å². The van der Waals surface area contributed by atoms with Crippen molar-refractivity contribution in [1.29, 1.82) is 0 Å². The Bertz CT molecular complexity index is 1150. The first-order valence-corrected chi connectivity index (χ1v) is 12.4.